The molecule has 2 aliphatic rings. The minimum Gasteiger partial charge on any atom is -0.496 e. The van der Waals surface area contributed by atoms with E-state index in [0.717, 1.165) is 60.0 Å². The summed E-state index contributed by atoms with van der Waals surface area (Å²) in [5.74, 6) is 2.32. The van der Waals surface area contributed by atoms with E-state index in [1.165, 1.54) is 5.56 Å². The van der Waals surface area contributed by atoms with E-state index in [9.17, 15) is 9.90 Å². The number of anilines is 2. The predicted octanol–water partition coefficient (Wildman–Crippen LogP) is 4.56. The Bertz CT molecular complexity index is 1320. The molecule has 2 heterocycles. The van der Waals surface area contributed by atoms with Crippen LogP contribution in [0.1, 0.15) is 36.8 Å². The standard InChI is InChI=1S/C34H43N3O6/c1-40-32-9-3-2-7-26(32)24-41-19-6-20-42-28-15-12-27(13-16-28)37-31(22-35-23-34(37)39)33(10-5-18-38)43-29-14-11-25-8-4-17-36-30(25)21-29/h2-3,7,9,11-16,21,31,33,35-36,38H,4-6,8,10,17-20,22-24H2,1H3/t31-,33?/m1/s1. The highest BCUT2D eigenvalue weighted by molar-refractivity contribution is 5.96. The maximum absolute atomic E-state index is 13.2. The van der Waals surface area contributed by atoms with Crippen molar-refractivity contribution in [1.82, 2.24) is 5.32 Å². The third kappa shape index (κ3) is 8.19. The fourth-order valence-corrected chi connectivity index (χ4v) is 5.69. The highest BCUT2D eigenvalue weighted by Crippen LogP contribution is 2.31. The number of carbonyl (C=O) groups is 1. The number of fused-ring (bicyclic) bond motifs is 1. The molecule has 2 atom stereocenters. The maximum Gasteiger partial charge on any atom is 0.241 e. The quantitative estimate of drug-likeness (QED) is 0.222. The van der Waals surface area contributed by atoms with Gasteiger partial charge in [-0.05, 0) is 67.6 Å². The van der Waals surface area contributed by atoms with Gasteiger partial charge in [0, 0.05) is 49.1 Å². The van der Waals surface area contributed by atoms with Crippen LogP contribution in [0.3, 0.4) is 0 Å². The van der Waals surface area contributed by atoms with Gasteiger partial charge in [0.25, 0.3) is 0 Å². The zero-order chi connectivity index (χ0) is 29.9. The molecule has 0 bridgehead atoms. The minimum atomic E-state index is -0.294. The number of nitrogens with one attached hydrogen (secondary N) is 2. The molecule has 2 aliphatic heterocycles. The molecule has 0 saturated carbocycles. The average molecular weight is 590 g/mol. The molecule has 0 radical (unpaired) electrons. The summed E-state index contributed by atoms with van der Waals surface area (Å²) in [6.07, 6.45) is 3.84. The number of hydrogen-bond acceptors (Lipinski definition) is 8. The number of rotatable bonds is 15. The van der Waals surface area contributed by atoms with Crippen molar-refractivity contribution in [3.63, 3.8) is 0 Å². The first-order valence-electron chi connectivity index (χ1n) is 15.3. The number of para-hydroxylation sites is 1. The second-order valence-corrected chi connectivity index (χ2v) is 10.9. The lowest BCUT2D eigenvalue weighted by atomic mass is 10.00. The number of nitrogens with zero attached hydrogens (tertiary/aromatic N) is 1. The Hall–Kier alpha value is -3.79. The van der Waals surface area contributed by atoms with Gasteiger partial charge in [0.2, 0.25) is 5.91 Å². The van der Waals surface area contributed by atoms with Crippen LogP contribution in [-0.2, 0) is 22.6 Å². The summed E-state index contributed by atoms with van der Waals surface area (Å²) in [7, 11) is 1.66. The Morgan fingerprint density at radius 1 is 1.02 bits per heavy atom. The lowest BCUT2D eigenvalue weighted by molar-refractivity contribution is -0.120. The third-order valence-corrected chi connectivity index (χ3v) is 7.88. The summed E-state index contributed by atoms with van der Waals surface area (Å²) in [5, 5.41) is 16.3. The van der Waals surface area contributed by atoms with Crippen LogP contribution in [0, 0.1) is 0 Å². The van der Waals surface area contributed by atoms with Crippen molar-refractivity contribution in [1.29, 1.82) is 0 Å². The Morgan fingerprint density at radius 2 is 1.86 bits per heavy atom. The summed E-state index contributed by atoms with van der Waals surface area (Å²) in [6, 6.07) is 21.4. The van der Waals surface area contributed by atoms with Crippen molar-refractivity contribution in [2.45, 2.75) is 50.9 Å². The van der Waals surface area contributed by atoms with E-state index < -0.39 is 0 Å². The van der Waals surface area contributed by atoms with Gasteiger partial charge < -0.3 is 39.6 Å². The summed E-state index contributed by atoms with van der Waals surface area (Å²) >= 11 is 0. The number of benzene rings is 3. The molecule has 230 valence electrons. The van der Waals surface area contributed by atoms with Gasteiger partial charge in [0.15, 0.2) is 0 Å². The van der Waals surface area contributed by atoms with Gasteiger partial charge in [-0.3, -0.25) is 4.79 Å². The highest BCUT2D eigenvalue weighted by Gasteiger charge is 2.36. The Kier molecular flexibility index (Phi) is 11.1. The number of methoxy groups -OCH3 is 1. The van der Waals surface area contributed by atoms with Crippen LogP contribution in [0.25, 0.3) is 0 Å². The second-order valence-electron chi connectivity index (χ2n) is 10.9. The van der Waals surface area contributed by atoms with E-state index in [1.54, 1.807) is 7.11 Å². The number of aliphatic hydroxyl groups is 1. The second kappa shape index (κ2) is 15.6. The molecule has 43 heavy (non-hydrogen) atoms. The maximum atomic E-state index is 13.2. The normalized spacial score (nSPS) is 17.1. The van der Waals surface area contributed by atoms with Gasteiger partial charge in [-0.15, -0.1) is 0 Å². The molecule has 0 spiro atoms. The molecular formula is C34H43N3O6. The molecular weight excluding hydrogens is 546 g/mol. The minimum absolute atomic E-state index is 0.0122. The molecule has 0 aliphatic carbocycles. The fraction of sp³-hybridized carbons (Fsp3) is 0.441. The summed E-state index contributed by atoms with van der Waals surface area (Å²) < 4.78 is 23.7. The van der Waals surface area contributed by atoms with Gasteiger partial charge in [0.05, 0.1) is 39.5 Å². The number of carbonyl (C=O) groups excluding carboxylic acids is 1. The Labute approximate surface area is 254 Å². The molecule has 1 unspecified atom stereocenters. The molecule has 0 aromatic heterocycles. The average Bonchev–Trinajstić information content (AvgIpc) is 3.05. The zero-order valence-corrected chi connectivity index (χ0v) is 24.9. The van der Waals surface area contributed by atoms with Crippen molar-refractivity contribution < 1.29 is 28.8 Å². The molecule has 1 saturated heterocycles. The molecule has 3 N–H and O–H groups in total. The number of hydrogen-bond donors (Lipinski definition) is 3. The van der Waals surface area contributed by atoms with E-state index >= 15 is 0 Å². The van der Waals surface area contributed by atoms with Crippen LogP contribution >= 0.6 is 0 Å². The molecule has 5 rings (SSSR count). The lowest BCUT2D eigenvalue weighted by Crippen LogP contribution is -2.60. The molecule has 1 amide bonds. The van der Waals surface area contributed by atoms with Crippen molar-refractivity contribution >= 4 is 17.3 Å². The Morgan fingerprint density at radius 3 is 2.70 bits per heavy atom. The lowest BCUT2D eigenvalue weighted by Gasteiger charge is -2.40. The van der Waals surface area contributed by atoms with Crippen LogP contribution in [0.2, 0.25) is 0 Å². The monoisotopic (exact) mass is 589 g/mol. The highest BCUT2D eigenvalue weighted by atomic mass is 16.5. The van der Waals surface area contributed by atoms with Crippen molar-refractivity contribution in [3.05, 3.63) is 77.9 Å². The van der Waals surface area contributed by atoms with Crippen LogP contribution in [-0.4, -0.2) is 69.7 Å². The first-order valence-corrected chi connectivity index (χ1v) is 15.3. The molecule has 3 aromatic carbocycles. The third-order valence-electron chi connectivity index (χ3n) is 7.88. The first-order chi connectivity index (χ1) is 21.2. The zero-order valence-electron chi connectivity index (χ0n) is 24.9. The SMILES string of the molecule is COc1ccccc1COCCCOc1ccc(N2C(=O)CNC[C@@H]2C(CCCO)Oc2ccc3c(c2)NCCC3)cc1. The van der Waals surface area contributed by atoms with E-state index in [0.29, 0.717) is 39.2 Å². The van der Waals surface area contributed by atoms with Crippen LogP contribution < -0.4 is 29.7 Å². The Balaban J connectivity index is 1.18. The van der Waals surface area contributed by atoms with Gasteiger partial charge >= 0.3 is 0 Å². The van der Waals surface area contributed by atoms with E-state index in [-0.39, 0.29) is 31.2 Å². The number of aryl methyl sites for hydroxylation is 1. The van der Waals surface area contributed by atoms with E-state index in [2.05, 4.69) is 22.8 Å². The number of amides is 1. The molecule has 9 nitrogen and oxygen atoms in total. The fourth-order valence-electron chi connectivity index (χ4n) is 5.69. The topological polar surface area (TPSA) is 102 Å². The largest absolute Gasteiger partial charge is 0.496 e. The first kappa shape index (κ1) is 30.7. The van der Waals surface area contributed by atoms with E-state index in [4.69, 9.17) is 18.9 Å². The summed E-state index contributed by atoms with van der Waals surface area (Å²) in [4.78, 5) is 15.1. The summed E-state index contributed by atoms with van der Waals surface area (Å²) in [6.45, 7) is 3.46. The van der Waals surface area contributed by atoms with Crippen molar-refractivity contribution in [2.24, 2.45) is 0 Å². The number of piperazine rings is 1. The van der Waals surface area contributed by atoms with Crippen molar-refractivity contribution in [3.8, 4) is 17.2 Å². The van der Waals surface area contributed by atoms with Crippen LogP contribution in [0.4, 0.5) is 11.4 Å². The van der Waals surface area contributed by atoms with E-state index in [1.807, 2.05) is 59.5 Å². The van der Waals surface area contributed by atoms with Gasteiger partial charge in [-0.2, -0.15) is 0 Å². The predicted molar refractivity (Wildman–Crippen MR) is 167 cm³/mol. The van der Waals surface area contributed by atoms with Gasteiger partial charge in [0.1, 0.15) is 23.4 Å². The summed E-state index contributed by atoms with van der Waals surface area (Å²) in [5.41, 5.74) is 4.22. The molecule has 1 fully saturated rings. The number of aliphatic hydroxyl groups excluding tert-OH is 1. The van der Waals surface area contributed by atoms with Gasteiger partial charge in [-0.25, -0.2) is 0 Å². The molecule has 3 aromatic rings. The van der Waals surface area contributed by atoms with Gasteiger partial charge in [-0.1, -0.05) is 24.3 Å². The number of ether oxygens (including phenoxy) is 4. The molecule has 9 heteroatoms. The van der Waals surface area contributed by atoms with Crippen LogP contribution in [0.5, 0.6) is 17.2 Å². The van der Waals surface area contributed by atoms with Crippen molar-refractivity contribution in [2.75, 3.05) is 56.8 Å². The smallest absolute Gasteiger partial charge is 0.241 e. The van der Waals surface area contributed by atoms with Crippen LogP contribution in [0.15, 0.2) is 66.7 Å².